The molecule has 0 aliphatic rings. The molecule has 2 heterocycles. The molecule has 0 unspecified atom stereocenters. The largest absolute Gasteiger partial charge is 0.383 e. The molecule has 0 saturated carbocycles. The van der Waals surface area contributed by atoms with Gasteiger partial charge in [0, 0.05) is 7.05 Å². The molecule has 0 aromatic carbocycles. The molecule has 13 heavy (non-hydrogen) atoms. The van der Waals surface area contributed by atoms with Crippen molar-refractivity contribution in [2.45, 2.75) is 0 Å². The van der Waals surface area contributed by atoms with Crippen molar-refractivity contribution in [3.05, 3.63) is 12.0 Å². The molecule has 2 rings (SSSR count). The van der Waals surface area contributed by atoms with E-state index in [1.807, 2.05) is 0 Å². The summed E-state index contributed by atoms with van der Waals surface area (Å²) in [5.74, 6) is -1.04. The van der Waals surface area contributed by atoms with E-state index >= 15 is 0 Å². The number of fused-ring (bicyclic) bond motifs is 1. The topological polar surface area (TPSA) is 69.6 Å². The third kappa shape index (κ3) is 1.00. The van der Waals surface area contributed by atoms with Gasteiger partial charge >= 0.3 is 6.08 Å². The van der Waals surface area contributed by atoms with E-state index in [9.17, 15) is 8.78 Å². The van der Waals surface area contributed by atoms with Crippen LogP contribution in [0.25, 0.3) is 11.0 Å². The Hall–Kier alpha value is -1.79. The van der Waals surface area contributed by atoms with Crippen LogP contribution in [0.5, 0.6) is 0 Å². The second-order valence-electron chi connectivity index (χ2n) is 2.49. The van der Waals surface area contributed by atoms with Gasteiger partial charge in [-0.3, -0.25) is 0 Å². The molecular weight excluding hydrogens is 180 g/mol. The lowest BCUT2D eigenvalue weighted by molar-refractivity contribution is 0.542. The van der Waals surface area contributed by atoms with Gasteiger partial charge in [0.2, 0.25) is 5.95 Å². The third-order valence-corrected chi connectivity index (χ3v) is 1.64. The van der Waals surface area contributed by atoms with E-state index < -0.39 is 12.0 Å². The molecule has 0 radical (unpaired) electrons. The number of aromatic nitrogens is 4. The first kappa shape index (κ1) is 7.84. The fraction of sp³-hybridized carbons (Fsp3) is 0.167. The monoisotopic (exact) mass is 185 g/mol. The Morgan fingerprint density at radius 2 is 2.00 bits per heavy atom. The maximum Gasteiger partial charge on any atom is 0.312 e. The van der Waals surface area contributed by atoms with Gasteiger partial charge in [-0.05, 0) is 0 Å². The minimum absolute atomic E-state index is 0.0440. The molecule has 7 heteroatoms. The molecule has 68 valence electrons. The SMILES string of the molecule is Cn1nc(F)c2c(N)nc(F)nc21. The Morgan fingerprint density at radius 3 is 2.69 bits per heavy atom. The van der Waals surface area contributed by atoms with Crippen molar-refractivity contribution in [1.29, 1.82) is 0 Å². The van der Waals surface area contributed by atoms with E-state index in [-0.39, 0.29) is 16.9 Å². The molecular formula is C6H5F2N5. The predicted octanol–water partition coefficient (Wildman–Crippen LogP) is 0.224. The van der Waals surface area contributed by atoms with Crippen LogP contribution in [0.4, 0.5) is 14.6 Å². The standard InChI is InChI=1S/C6H5F2N5/c1-13-5-2(3(7)12-13)4(9)10-6(8)11-5/h1H3,(H2,9,10,11). The summed E-state index contributed by atoms with van der Waals surface area (Å²) in [5, 5.41) is 3.34. The predicted molar refractivity (Wildman–Crippen MR) is 40.6 cm³/mol. The first-order valence-electron chi connectivity index (χ1n) is 3.41. The number of halogens is 2. The highest BCUT2D eigenvalue weighted by Gasteiger charge is 2.14. The summed E-state index contributed by atoms with van der Waals surface area (Å²) in [7, 11) is 1.44. The lowest BCUT2D eigenvalue weighted by Gasteiger charge is -1.94. The van der Waals surface area contributed by atoms with Gasteiger partial charge in [-0.1, -0.05) is 0 Å². The van der Waals surface area contributed by atoms with Crippen molar-refractivity contribution >= 4 is 16.9 Å². The number of nitrogens with two attached hydrogens (primary N) is 1. The first-order chi connectivity index (χ1) is 6.09. The van der Waals surface area contributed by atoms with Gasteiger partial charge in [0.15, 0.2) is 5.65 Å². The van der Waals surface area contributed by atoms with Crippen molar-refractivity contribution in [2.75, 3.05) is 5.73 Å². The van der Waals surface area contributed by atoms with Crippen LogP contribution in [0, 0.1) is 12.0 Å². The van der Waals surface area contributed by atoms with E-state index in [0.29, 0.717) is 0 Å². The first-order valence-corrected chi connectivity index (χ1v) is 3.41. The molecule has 0 fully saturated rings. The van der Waals surface area contributed by atoms with Gasteiger partial charge in [0.25, 0.3) is 0 Å². The highest BCUT2D eigenvalue weighted by Crippen LogP contribution is 2.19. The molecule has 0 saturated heterocycles. The Bertz CT molecular complexity index is 477. The number of aryl methyl sites for hydroxylation is 1. The second kappa shape index (κ2) is 2.35. The Labute approximate surface area is 71.2 Å². The summed E-state index contributed by atoms with van der Waals surface area (Å²) in [6.07, 6.45) is -0.993. The quantitative estimate of drug-likeness (QED) is 0.596. The summed E-state index contributed by atoms with van der Waals surface area (Å²) in [4.78, 5) is 6.54. The van der Waals surface area contributed by atoms with Crippen molar-refractivity contribution in [3.8, 4) is 0 Å². The highest BCUT2D eigenvalue weighted by molar-refractivity contribution is 5.85. The summed E-state index contributed by atoms with van der Waals surface area (Å²) >= 11 is 0. The maximum atomic E-state index is 13.0. The Balaban J connectivity index is 2.97. The average Bonchev–Trinajstić information content (AvgIpc) is 2.27. The van der Waals surface area contributed by atoms with Gasteiger partial charge in [0.05, 0.1) is 0 Å². The smallest absolute Gasteiger partial charge is 0.312 e. The number of nitrogens with zero attached hydrogens (tertiary/aromatic N) is 4. The molecule has 0 amide bonds. The highest BCUT2D eigenvalue weighted by atomic mass is 19.1. The average molecular weight is 185 g/mol. The molecule has 2 aromatic heterocycles. The summed E-state index contributed by atoms with van der Waals surface area (Å²) in [6.45, 7) is 0. The Kier molecular flexibility index (Phi) is 1.42. The van der Waals surface area contributed by atoms with E-state index in [1.165, 1.54) is 7.05 Å². The van der Waals surface area contributed by atoms with E-state index in [0.717, 1.165) is 4.68 Å². The van der Waals surface area contributed by atoms with Gasteiger partial charge < -0.3 is 5.73 Å². The lowest BCUT2D eigenvalue weighted by Crippen LogP contribution is -1.99. The number of rotatable bonds is 0. The normalized spacial score (nSPS) is 11.0. The van der Waals surface area contributed by atoms with Crippen LogP contribution < -0.4 is 5.73 Å². The van der Waals surface area contributed by atoms with Crippen LogP contribution in [-0.4, -0.2) is 19.7 Å². The fourth-order valence-electron chi connectivity index (χ4n) is 1.10. The van der Waals surface area contributed by atoms with Gasteiger partial charge in [0.1, 0.15) is 11.2 Å². The maximum absolute atomic E-state index is 13.0. The van der Waals surface area contributed by atoms with Crippen LogP contribution in [0.15, 0.2) is 0 Å². The third-order valence-electron chi connectivity index (χ3n) is 1.64. The van der Waals surface area contributed by atoms with Crippen molar-refractivity contribution < 1.29 is 8.78 Å². The molecule has 0 spiro atoms. The van der Waals surface area contributed by atoms with Crippen molar-refractivity contribution in [1.82, 2.24) is 19.7 Å². The molecule has 0 aliphatic heterocycles. The van der Waals surface area contributed by atoms with Crippen LogP contribution in [-0.2, 0) is 7.05 Å². The number of hydrogen-bond donors (Lipinski definition) is 1. The van der Waals surface area contributed by atoms with E-state index in [1.54, 1.807) is 0 Å². The molecule has 5 nitrogen and oxygen atoms in total. The van der Waals surface area contributed by atoms with Crippen LogP contribution >= 0.6 is 0 Å². The zero-order chi connectivity index (χ0) is 9.59. The second-order valence-corrected chi connectivity index (χ2v) is 2.49. The minimum Gasteiger partial charge on any atom is -0.383 e. The molecule has 2 aromatic rings. The molecule has 0 atom stereocenters. The summed E-state index contributed by atoms with van der Waals surface area (Å²) in [6, 6.07) is 0. The van der Waals surface area contributed by atoms with Crippen LogP contribution in [0.2, 0.25) is 0 Å². The molecule has 2 N–H and O–H groups in total. The zero-order valence-electron chi connectivity index (χ0n) is 6.62. The van der Waals surface area contributed by atoms with Gasteiger partial charge in [-0.25, -0.2) is 4.68 Å². The lowest BCUT2D eigenvalue weighted by atomic mass is 10.4. The van der Waals surface area contributed by atoms with E-state index in [4.69, 9.17) is 5.73 Å². The summed E-state index contributed by atoms with van der Waals surface area (Å²) < 4.78 is 26.7. The fourth-order valence-corrected chi connectivity index (χ4v) is 1.10. The van der Waals surface area contributed by atoms with Crippen LogP contribution in [0.1, 0.15) is 0 Å². The number of anilines is 1. The Morgan fingerprint density at radius 1 is 1.31 bits per heavy atom. The summed E-state index contributed by atoms with van der Waals surface area (Å²) in [5.41, 5.74) is 5.33. The van der Waals surface area contributed by atoms with Crippen molar-refractivity contribution in [2.24, 2.45) is 7.05 Å². The number of hydrogen-bond acceptors (Lipinski definition) is 4. The number of nitrogen functional groups attached to an aromatic ring is 1. The van der Waals surface area contributed by atoms with Crippen molar-refractivity contribution in [3.63, 3.8) is 0 Å². The molecule has 0 bridgehead atoms. The zero-order valence-corrected chi connectivity index (χ0v) is 6.62. The minimum atomic E-state index is -0.993. The van der Waals surface area contributed by atoms with E-state index in [2.05, 4.69) is 15.1 Å². The van der Waals surface area contributed by atoms with Gasteiger partial charge in [-0.15, -0.1) is 5.10 Å². The molecule has 0 aliphatic carbocycles. The van der Waals surface area contributed by atoms with Gasteiger partial charge in [-0.2, -0.15) is 18.7 Å². The van der Waals surface area contributed by atoms with Crippen LogP contribution in [0.3, 0.4) is 0 Å².